The quantitative estimate of drug-likeness (QED) is 0.265. The number of hydrogen-bond donors (Lipinski definition) is 1. The van der Waals surface area contributed by atoms with E-state index in [1.165, 1.54) is 29.1 Å². The van der Waals surface area contributed by atoms with Crippen molar-refractivity contribution in [3.05, 3.63) is 120 Å². The van der Waals surface area contributed by atoms with Gasteiger partial charge in [0.2, 0.25) is 0 Å². The average molecular weight is 615 g/mol. The van der Waals surface area contributed by atoms with Gasteiger partial charge in [0.25, 0.3) is 5.56 Å². The number of carboxylic acid groups (broad SMARTS) is 1. The molecule has 0 bridgehead atoms. The highest BCUT2D eigenvalue weighted by molar-refractivity contribution is 7.07. The van der Waals surface area contributed by atoms with Crippen LogP contribution in [0.1, 0.15) is 46.9 Å². The maximum absolute atomic E-state index is 13.9. The van der Waals surface area contributed by atoms with Gasteiger partial charge in [-0.2, -0.15) is 0 Å². The number of esters is 1. The Morgan fingerprint density at radius 1 is 1.02 bits per heavy atom. The summed E-state index contributed by atoms with van der Waals surface area (Å²) in [4.78, 5) is 43.4. The zero-order valence-electron chi connectivity index (χ0n) is 24.5. The van der Waals surface area contributed by atoms with Crippen LogP contribution in [0.4, 0.5) is 0 Å². The van der Waals surface area contributed by atoms with Crippen LogP contribution in [0.2, 0.25) is 0 Å². The highest BCUT2D eigenvalue weighted by atomic mass is 32.1. The molecule has 226 valence electrons. The van der Waals surface area contributed by atoms with Crippen LogP contribution in [0, 0.1) is 0 Å². The maximum Gasteiger partial charge on any atom is 0.338 e. The molecule has 0 fully saturated rings. The Labute approximate surface area is 256 Å². The summed E-state index contributed by atoms with van der Waals surface area (Å²) in [5, 5.41) is 9.24. The first-order valence-corrected chi connectivity index (χ1v) is 14.5. The molecule has 0 radical (unpaired) electrons. The maximum atomic E-state index is 13.9. The van der Waals surface area contributed by atoms with Crippen LogP contribution in [0.3, 0.4) is 0 Å². The third-order valence-corrected chi connectivity index (χ3v) is 7.99. The molecule has 0 unspecified atom stereocenters. The second-order valence-electron chi connectivity index (χ2n) is 9.78. The molecule has 2 heterocycles. The van der Waals surface area contributed by atoms with E-state index in [4.69, 9.17) is 18.9 Å². The third kappa shape index (κ3) is 6.13. The van der Waals surface area contributed by atoms with Crippen LogP contribution in [-0.4, -0.2) is 42.4 Å². The van der Waals surface area contributed by atoms with Gasteiger partial charge in [-0.3, -0.25) is 9.36 Å². The first kappa shape index (κ1) is 30.3. The highest BCUT2D eigenvalue weighted by Gasteiger charge is 2.33. The summed E-state index contributed by atoms with van der Waals surface area (Å²) < 4.78 is 24.1. The van der Waals surface area contributed by atoms with Gasteiger partial charge in [0.05, 0.1) is 48.2 Å². The molecule has 0 spiro atoms. The molecule has 1 N–H and O–H groups in total. The molecule has 3 aromatic carbocycles. The van der Waals surface area contributed by atoms with Gasteiger partial charge in [-0.25, -0.2) is 14.6 Å². The molecular weight excluding hydrogens is 584 g/mol. The minimum absolute atomic E-state index is 0.142. The second-order valence-corrected chi connectivity index (χ2v) is 10.8. The largest absolute Gasteiger partial charge is 0.497 e. The number of fused-ring (bicyclic) bond motifs is 1. The topological polar surface area (TPSA) is 126 Å². The second kappa shape index (κ2) is 13.0. The SMILES string of the molecule is CCOC(=O)C1=C(C)N=c2s/c(=C/c3ccc(OCc4cccc(C(=O)O)c4)c(OC)c3)c(=O)n2[C@@H]1c1ccc(OC)cc1. The van der Waals surface area contributed by atoms with E-state index in [-0.39, 0.29) is 24.3 Å². The standard InChI is InChI=1S/C33H30N2O8S/c1-5-42-32(39)28-19(2)34-33-35(29(28)22-10-12-24(40-3)13-11-22)30(36)27(44-33)17-20-9-14-25(26(16-20)41-4)43-18-21-7-6-8-23(15-21)31(37)38/h6-17,29H,5,18H2,1-4H3,(H,37,38)/b27-17+/t29-/m1/s1. The zero-order chi connectivity index (χ0) is 31.4. The molecule has 0 amide bonds. The van der Waals surface area contributed by atoms with Crippen molar-refractivity contribution in [3.8, 4) is 17.2 Å². The molecule has 1 aliphatic heterocycles. The number of nitrogens with zero attached hydrogens (tertiary/aromatic N) is 2. The summed E-state index contributed by atoms with van der Waals surface area (Å²) >= 11 is 1.22. The van der Waals surface area contributed by atoms with Gasteiger partial charge in [0.1, 0.15) is 12.4 Å². The number of carboxylic acids is 1. The molecule has 1 aliphatic rings. The van der Waals surface area contributed by atoms with Crippen LogP contribution < -0.4 is 29.1 Å². The van der Waals surface area contributed by atoms with Crippen molar-refractivity contribution in [2.75, 3.05) is 20.8 Å². The number of benzene rings is 3. The molecule has 5 rings (SSSR count). The van der Waals surface area contributed by atoms with E-state index in [0.29, 0.717) is 54.5 Å². The summed E-state index contributed by atoms with van der Waals surface area (Å²) in [5.41, 5.74) is 2.75. The number of carbonyl (C=O) groups excluding carboxylic acids is 1. The van der Waals surface area contributed by atoms with E-state index in [1.807, 2.05) is 12.1 Å². The summed E-state index contributed by atoms with van der Waals surface area (Å²) in [6.45, 7) is 3.79. The Balaban J connectivity index is 1.51. The lowest BCUT2D eigenvalue weighted by Crippen LogP contribution is -2.39. The van der Waals surface area contributed by atoms with Gasteiger partial charge in [-0.15, -0.1) is 0 Å². The van der Waals surface area contributed by atoms with Crippen molar-refractivity contribution in [2.24, 2.45) is 4.99 Å². The van der Waals surface area contributed by atoms with E-state index in [2.05, 4.69) is 4.99 Å². The van der Waals surface area contributed by atoms with Gasteiger partial charge in [-0.1, -0.05) is 41.7 Å². The fraction of sp³-hybridized carbons (Fsp3) is 0.212. The monoisotopic (exact) mass is 614 g/mol. The highest BCUT2D eigenvalue weighted by Crippen LogP contribution is 2.32. The van der Waals surface area contributed by atoms with Gasteiger partial charge in [0.15, 0.2) is 16.3 Å². The normalized spacial score (nSPS) is 14.5. The van der Waals surface area contributed by atoms with Gasteiger partial charge in [0, 0.05) is 0 Å². The number of rotatable bonds is 10. The lowest BCUT2D eigenvalue weighted by Gasteiger charge is -2.24. The van der Waals surface area contributed by atoms with Crippen LogP contribution in [0.25, 0.3) is 6.08 Å². The summed E-state index contributed by atoms with van der Waals surface area (Å²) in [6, 6.07) is 18.2. The van der Waals surface area contributed by atoms with E-state index in [0.717, 1.165) is 0 Å². The molecule has 4 aromatic rings. The predicted octanol–water partition coefficient (Wildman–Crippen LogP) is 4.09. The van der Waals surface area contributed by atoms with Crippen LogP contribution in [0.15, 0.2) is 87.8 Å². The summed E-state index contributed by atoms with van der Waals surface area (Å²) in [6.07, 6.45) is 1.74. The summed E-state index contributed by atoms with van der Waals surface area (Å²) in [5.74, 6) is 0.00808. The summed E-state index contributed by atoms with van der Waals surface area (Å²) in [7, 11) is 3.08. The van der Waals surface area contributed by atoms with Crippen LogP contribution in [-0.2, 0) is 16.1 Å². The van der Waals surface area contributed by atoms with Crippen molar-refractivity contribution in [2.45, 2.75) is 26.5 Å². The van der Waals surface area contributed by atoms with Crippen LogP contribution >= 0.6 is 11.3 Å². The lowest BCUT2D eigenvalue weighted by atomic mass is 9.96. The van der Waals surface area contributed by atoms with E-state index in [1.54, 1.807) is 75.6 Å². The fourth-order valence-electron chi connectivity index (χ4n) is 4.89. The number of hydrogen-bond acceptors (Lipinski definition) is 9. The number of methoxy groups -OCH3 is 2. The van der Waals surface area contributed by atoms with E-state index < -0.39 is 18.0 Å². The number of aromatic carboxylic acids is 1. The van der Waals surface area contributed by atoms with Crippen molar-refractivity contribution >= 4 is 29.4 Å². The zero-order valence-corrected chi connectivity index (χ0v) is 25.3. The molecule has 0 aliphatic carbocycles. The Bertz CT molecular complexity index is 1940. The smallest absolute Gasteiger partial charge is 0.338 e. The number of ether oxygens (including phenoxy) is 4. The molecule has 1 aromatic heterocycles. The van der Waals surface area contributed by atoms with E-state index in [9.17, 15) is 19.5 Å². The Morgan fingerprint density at radius 2 is 1.80 bits per heavy atom. The van der Waals surface area contributed by atoms with Gasteiger partial charge >= 0.3 is 11.9 Å². The molecule has 10 nitrogen and oxygen atoms in total. The number of aromatic nitrogens is 1. The van der Waals surface area contributed by atoms with Gasteiger partial charge < -0.3 is 24.1 Å². The minimum Gasteiger partial charge on any atom is -0.497 e. The average Bonchev–Trinajstić information content (AvgIpc) is 3.33. The van der Waals surface area contributed by atoms with Crippen molar-refractivity contribution in [1.82, 2.24) is 4.57 Å². The first-order chi connectivity index (χ1) is 21.2. The van der Waals surface area contributed by atoms with Crippen molar-refractivity contribution in [1.29, 1.82) is 0 Å². The molecular formula is C33H30N2O8S. The lowest BCUT2D eigenvalue weighted by molar-refractivity contribution is -0.139. The first-order valence-electron chi connectivity index (χ1n) is 13.7. The number of thiazole rings is 1. The van der Waals surface area contributed by atoms with Crippen LogP contribution in [0.5, 0.6) is 17.2 Å². The van der Waals surface area contributed by atoms with Crippen molar-refractivity contribution < 1.29 is 33.6 Å². The molecule has 0 saturated carbocycles. The van der Waals surface area contributed by atoms with Gasteiger partial charge in [-0.05, 0) is 73.0 Å². The molecule has 44 heavy (non-hydrogen) atoms. The Hall–Kier alpha value is -5.16. The fourth-order valence-corrected chi connectivity index (χ4v) is 5.94. The molecule has 0 saturated heterocycles. The van der Waals surface area contributed by atoms with E-state index >= 15 is 0 Å². The van der Waals surface area contributed by atoms with Crippen molar-refractivity contribution in [3.63, 3.8) is 0 Å². The Morgan fingerprint density at radius 3 is 2.48 bits per heavy atom. The minimum atomic E-state index is -1.01. The third-order valence-electron chi connectivity index (χ3n) is 7.00. The number of carbonyl (C=O) groups is 2. The molecule has 11 heteroatoms. The Kier molecular flexibility index (Phi) is 8.96. The predicted molar refractivity (Wildman–Crippen MR) is 164 cm³/mol. The molecule has 1 atom stereocenters. The number of allylic oxidation sites excluding steroid dienone is 1.